The highest BCUT2D eigenvalue weighted by molar-refractivity contribution is 7.22. The first-order chi connectivity index (χ1) is 13.4. The largest absolute Gasteiger partial charge is 0.325 e. The zero-order valence-corrected chi connectivity index (χ0v) is 16.9. The average Bonchev–Trinajstić information content (AvgIpc) is 3.18. The number of imide groups is 1. The van der Waals surface area contributed by atoms with Crippen molar-refractivity contribution < 1.29 is 14.4 Å². The van der Waals surface area contributed by atoms with E-state index in [4.69, 9.17) is 0 Å². The minimum Gasteiger partial charge on any atom is -0.323 e. The van der Waals surface area contributed by atoms with Gasteiger partial charge in [-0.3, -0.25) is 14.5 Å². The number of benzene rings is 1. The molecule has 0 unspecified atom stereocenters. The second kappa shape index (κ2) is 7.16. The van der Waals surface area contributed by atoms with Crippen LogP contribution < -0.4 is 10.6 Å². The zero-order valence-electron chi connectivity index (χ0n) is 16.1. The van der Waals surface area contributed by atoms with E-state index in [1.54, 1.807) is 0 Å². The fourth-order valence-electron chi connectivity index (χ4n) is 4.08. The van der Waals surface area contributed by atoms with Crippen molar-refractivity contribution in [3.05, 3.63) is 23.3 Å². The van der Waals surface area contributed by atoms with Gasteiger partial charge in [0.2, 0.25) is 5.91 Å². The van der Waals surface area contributed by atoms with Gasteiger partial charge in [-0.2, -0.15) is 0 Å². The van der Waals surface area contributed by atoms with E-state index in [-0.39, 0.29) is 30.8 Å². The van der Waals surface area contributed by atoms with Gasteiger partial charge in [0, 0.05) is 13.0 Å². The Labute approximate surface area is 167 Å². The van der Waals surface area contributed by atoms with Gasteiger partial charge in [-0.15, -0.1) is 0 Å². The zero-order chi connectivity index (χ0) is 19.9. The molecule has 1 aromatic heterocycles. The number of urea groups is 1. The molecule has 1 aliphatic carbocycles. The minimum absolute atomic E-state index is 0.0587. The molecule has 0 radical (unpaired) electrons. The van der Waals surface area contributed by atoms with Crippen molar-refractivity contribution in [3.63, 3.8) is 0 Å². The van der Waals surface area contributed by atoms with Gasteiger partial charge in [0.1, 0.15) is 5.54 Å². The smallest absolute Gasteiger partial charge is 0.323 e. The summed E-state index contributed by atoms with van der Waals surface area (Å²) in [5, 5.41) is 6.22. The molecule has 1 saturated carbocycles. The van der Waals surface area contributed by atoms with Gasteiger partial charge >= 0.3 is 6.03 Å². The predicted octanol–water partition coefficient (Wildman–Crippen LogP) is 3.50. The fraction of sp³-hybridized carbons (Fsp3) is 0.500. The molecule has 2 aliphatic rings. The summed E-state index contributed by atoms with van der Waals surface area (Å²) >= 11 is 1.44. The average molecular weight is 401 g/mol. The first-order valence-corrected chi connectivity index (χ1v) is 10.5. The van der Waals surface area contributed by atoms with Gasteiger partial charge < -0.3 is 10.6 Å². The number of fused-ring (bicyclic) bond motifs is 1. The van der Waals surface area contributed by atoms with Crippen molar-refractivity contribution in [2.45, 2.75) is 57.9 Å². The van der Waals surface area contributed by atoms with Gasteiger partial charge in [0.15, 0.2) is 5.13 Å². The van der Waals surface area contributed by atoms with Crippen molar-refractivity contribution in [2.24, 2.45) is 0 Å². The first kappa shape index (κ1) is 18.9. The Morgan fingerprint density at radius 1 is 1.21 bits per heavy atom. The maximum absolute atomic E-state index is 12.8. The monoisotopic (exact) mass is 400 g/mol. The molecule has 2 aromatic rings. The molecule has 0 bridgehead atoms. The van der Waals surface area contributed by atoms with Crippen molar-refractivity contribution in [1.29, 1.82) is 0 Å². The van der Waals surface area contributed by atoms with E-state index in [1.807, 2.05) is 26.0 Å². The molecule has 8 heteroatoms. The van der Waals surface area contributed by atoms with Crippen LogP contribution in [-0.4, -0.2) is 39.8 Å². The molecule has 7 nitrogen and oxygen atoms in total. The van der Waals surface area contributed by atoms with Gasteiger partial charge in [0.25, 0.3) is 5.91 Å². The molecule has 28 heavy (non-hydrogen) atoms. The third-order valence-corrected chi connectivity index (χ3v) is 6.81. The van der Waals surface area contributed by atoms with Crippen LogP contribution >= 0.6 is 11.3 Å². The van der Waals surface area contributed by atoms with Crippen molar-refractivity contribution in [1.82, 2.24) is 15.2 Å². The Balaban J connectivity index is 1.40. The number of carbonyl (C=O) groups is 3. The van der Waals surface area contributed by atoms with Gasteiger partial charge in [-0.25, -0.2) is 9.78 Å². The standard InChI is InChI=1S/C20H24N4O3S/c1-12-6-7-13(2)16-15(12)22-18(28-16)21-14(25)8-11-24-17(26)20(23-19(24)27)9-4-3-5-10-20/h6-7H,3-5,8-11H2,1-2H3,(H,23,27)(H,21,22,25). The number of rotatable bonds is 4. The van der Waals surface area contributed by atoms with Crippen molar-refractivity contribution in [2.75, 3.05) is 11.9 Å². The summed E-state index contributed by atoms with van der Waals surface area (Å²) in [7, 11) is 0. The molecule has 0 atom stereocenters. The molecular weight excluding hydrogens is 376 g/mol. The molecule has 4 rings (SSSR count). The number of aromatic nitrogens is 1. The fourth-order valence-corrected chi connectivity index (χ4v) is 5.11. The predicted molar refractivity (Wildman–Crippen MR) is 108 cm³/mol. The van der Waals surface area contributed by atoms with Crippen LogP contribution in [0.15, 0.2) is 12.1 Å². The highest BCUT2D eigenvalue weighted by Gasteiger charge is 2.51. The number of hydrogen-bond acceptors (Lipinski definition) is 5. The van der Waals surface area contributed by atoms with E-state index < -0.39 is 5.54 Å². The Hall–Kier alpha value is -2.48. The first-order valence-electron chi connectivity index (χ1n) is 9.70. The van der Waals surface area contributed by atoms with Crippen LogP contribution in [0, 0.1) is 13.8 Å². The molecular formula is C20H24N4O3S. The minimum atomic E-state index is -0.742. The Morgan fingerprint density at radius 3 is 2.64 bits per heavy atom. The molecule has 1 spiro atoms. The van der Waals surface area contributed by atoms with Crippen LogP contribution in [-0.2, 0) is 9.59 Å². The number of carbonyl (C=O) groups excluding carboxylic acids is 3. The molecule has 1 saturated heterocycles. The lowest BCUT2D eigenvalue weighted by atomic mass is 9.82. The molecule has 2 fully saturated rings. The lowest BCUT2D eigenvalue weighted by molar-refractivity contribution is -0.132. The number of aryl methyl sites for hydroxylation is 2. The summed E-state index contributed by atoms with van der Waals surface area (Å²) in [4.78, 5) is 43.1. The van der Waals surface area contributed by atoms with Gasteiger partial charge in [-0.05, 0) is 37.8 Å². The van der Waals surface area contributed by atoms with E-state index in [2.05, 4.69) is 15.6 Å². The van der Waals surface area contributed by atoms with Crippen molar-refractivity contribution in [3.8, 4) is 0 Å². The second-order valence-corrected chi connectivity index (χ2v) is 8.72. The summed E-state index contributed by atoms with van der Waals surface area (Å²) < 4.78 is 1.06. The molecule has 2 N–H and O–H groups in total. The number of anilines is 1. The lowest BCUT2D eigenvalue weighted by Crippen LogP contribution is -2.48. The number of amides is 4. The summed E-state index contributed by atoms with van der Waals surface area (Å²) in [6.45, 7) is 4.09. The molecule has 4 amide bonds. The van der Waals surface area contributed by atoms with Crippen LogP contribution in [0.1, 0.15) is 49.7 Å². The Morgan fingerprint density at radius 2 is 1.93 bits per heavy atom. The second-order valence-electron chi connectivity index (χ2n) is 7.72. The Kier molecular flexibility index (Phi) is 4.82. The highest BCUT2D eigenvalue weighted by Crippen LogP contribution is 2.34. The number of thiazole rings is 1. The number of nitrogens with zero attached hydrogens (tertiary/aromatic N) is 2. The van der Waals surface area contributed by atoms with E-state index >= 15 is 0 Å². The lowest BCUT2D eigenvalue weighted by Gasteiger charge is -2.30. The van der Waals surface area contributed by atoms with E-state index in [0.717, 1.165) is 40.6 Å². The SMILES string of the molecule is Cc1ccc(C)c2sc(NC(=O)CCN3C(=O)NC4(CCCCC4)C3=O)nc12. The number of nitrogens with one attached hydrogen (secondary N) is 2. The highest BCUT2D eigenvalue weighted by atomic mass is 32.1. The maximum atomic E-state index is 12.8. The molecule has 1 aliphatic heterocycles. The summed E-state index contributed by atoms with van der Waals surface area (Å²) in [5.41, 5.74) is 2.34. The van der Waals surface area contributed by atoms with Crippen LogP contribution in [0.4, 0.5) is 9.93 Å². The van der Waals surface area contributed by atoms with E-state index in [1.165, 1.54) is 16.2 Å². The summed E-state index contributed by atoms with van der Waals surface area (Å²) in [5.74, 6) is -0.434. The third kappa shape index (κ3) is 3.26. The quantitative estimate of drug-likeness (QED) is 0.769. The topological polar surface area (TPSA) is 91.4 Å². The van der Waals surface area contributed by atoms with Crippen LogP contribution in [0.2, 0.25) is 0 Å². The van der Waals surface area contributed by atoms with E-state index in [9.17, 15) is 14.4 Å². The van der Waals surface area contributed by atoms with Crippen LogP contribution in [0.5, 0.6) is 0 Å². The van der Waals surface area contributed by atoms with Crippen LogP contribution in [0.25, 0.3) is 10.2 Å². The molecule has 1 aromatic carbocycles. The Bertz CT molecular complexity index is 923. The normalized spacial score (nSPS) is 18.7. The van der Waals surface area contributed by atoms with Crippen LogP contribution in [0.3, 0.4) is 0 Å². The van der Waals surface area contributed by atoms with Crippen molar-refractivity contribution >= 4 is 44.5 Å². The third-order valence-electron chi connectivity index (χ3n) is 5.70. The summed E-state index contributed by atoms with van der Waals surface area (Å²) in [6, 6.07) is 3.67. The molecule has 148 valence electrons. The van der Waals surface area contributed by atoms with Gasteiger partial charge in [0.05, 0.1) is 10.2 Å². The summed E-state index contributed by atoms with van der Waals surface area (Å²) in [6.07, 6.45) is 4.40. The number of hydrogen-bond donors (Lipinski definition) is 2. The van der Waals surface area contributed by atoms with E-state index in [0.29, 0.717) is 18.0 Å². The molecule has 2 heterocycles. The maximum Gasteiger partial charge on any atom is 0.325 e. The van der Waals surface area contributed by atoms with Gasteiger partial charge in [-0.1, -0.05) is 42.7 Å².